The fraction of sp³-hybridized carbons (Fsp3) is 0.222. The average molecular weight is 406 g/mol. The molecular formula is C18H13F3N4O2S. The fourth-order valence-electron chi connectivity index (χ4n) is 2.94. The predicted octanol–water partition coefficient (Wildman–Crippen LogP) is 3.59. The molecule has 6 nitrogen and oxygen atoms in total. The zero-order valence-corrected chi connectivity index (χ0v) is 15.5. The van der Waals surface area contributed by atoms with Gasteiger partial charge in [-0.05, 0) is 56.4 Å². The lowest BCUT2D eigenvalue weighted by Crippen LogP contribution is -2.44. The summed E-state index contributed by atoms with van der Waals surface area (Å²) >= 11 is 5.38. The van der Waals surface area contributed by atoms with Crippen molar-refractivity contribution in [2.45, 2.75) is 25.6 Å². The Morgan fingerprint density at radius 3 is 2.36 bits per heavy atom. The lowest BCUT2D eigenvalue weighted by atomic mass is 10.0. The Kier molecular flexibility index (Phi) is 4.51. The van der Waals surface area contributed by atoms with Crippen LogP contribution in [0.5, 0.6) is 5.75 Å². The quantitative estimate of drug-likeness (QED) is 0.768. The zero-order valence-electron chi connectivity index (χ0n) is 14.7. The molecule has 1 fully saturated rings. The maximum atomic E-state index is 13.3. The number of anilines is 2. The molecule has 0 atom stereocenters. The van der Waals surface area contributed by atoms with E-state index >= 15 is 0 Å². The second kappa shape index (κ2) is 6.45. The molecule has 1 aromatic carbocycles. The summed E-state index contributed by atoms with van der Waals surface area (Å²) in [4.78, 5) is 19.0. The van der Waals surface area contributed by atoms with Crippen molar-refractivity contribution in [3.05, 3.63) is 47.8 Å². The third kappa shape index (κ3) is 3.03. The van der Waals surface area contributed by atoms with Crippen molar-refractivity contribution >= 4 is 34.6 Å². The summed E-state index contributed by atoms with van der Waals surface area (Å²) in [6, 6.07) is 7.98. The summed E-state index contributed by atoms with van der Waals surface area (Å²) in [6.45, 7) is 3.16. The van der Waals surface area contributed by atoms with Crippen LogP contribution in [0.3, 0.4) is 0 Å². The Bertz CT molecular complexity index is 1010. The molecule has 28 heavy (non-hydrogen) atoms. The lowest BCUT2D eigenvalue weighted by Gasteiger charge is -2.29. The van der Waals surface area contributed by atoms with Gasteiger partial charge in [-0.15, -0.1) is 0 Å². The van der Waals surface area contributed by atoms with Crippen molar-refractivity contribution < 1.29 is 23.1 Å². The van der Waals surface area contributed by atoms with Crippen molar-refractivity contribution in [3.8, 4) is 11.8 Å². The second-order valence-corrected chi connectivity index (χ2v) is 6.90. The molecule has 1 amide bonds. The summed E-state index contributed by atoms with van der Waals surface area (Å²) in [7, 11) is 0. The number of aromatic hydroxyl groups is 1. The van der Waals surface area contributed by atoms with E-state index in [1.54, 1.807) is 26.0 Å². The highest BCUT2D eigenvalue weighted by Crippen LogP contribution is 2.39. The molecule has 10 heteroatoms. The van der Waals surface area contributed by atoms with Crippen LogP contribution in [0.15, 0.2) is 36.5 Å². The number of hydrogen-bond donors (Lipinski definition) is 1. The highest BCUT2D eigenvalue weighted by Gasteiger charge is 2.50. The van der Waals surface area contributed by atoms with Gasteiger partial charge in [0.2, 0.25) is 0 Å². The van der Waals surface area contributed by atoms with Crippen LogP contribution in [0.25, 0.3) is 0 Å². The number of carbonyl (C=O) groups is 1. The van der Waals surface area contributed by atoms with Gasteiger partial charge in [0.25, 0.3) is 5.91 Å². The number of phenols is 1. The molecule has 1 saturated heterocycles. The number of rotatable bonds is 2. The van der Waals surface area contributed by atoms with Gasteiger partial charge in [0, 0.05) is 5.69 Å². The van der Waals surface area contributed by atoms with E-state index in [9.17, 15) is 23.1 Å². The van der Waals surface area contributed by atoms with Crippen LogP contribution in [-0.2, 0) is 11.0 Å². The van der Waals surface area contributed by atoms with Gasteiger partial charge < -0.3 is 10.0 Å². The number of hydrogen-bond acceptors (Lipinski definition) is 5. The fourth-order valence-corrected chi connectivity index (χ4v) is 3.46. The van der Waals surface area contributed by atoms with E-state index in [0.717, 1.165) is 11.1 Å². The maximum absolute atomic E-state index is 13.3. The van der Waals surface area contributed by atoms with Crippen LogP contribution in [0.1, 0.15) is 25.1 Å². The van der Waals surface area contributed by atoms with Gasteiger partial charge in [0.15, 0.2) is 10.8 Å². The second-order valence-electron chi connectivity index (χ2n) is 6.53. The highest BCUT2D eigenvalue weighted by molar-refractivity contribution is 7.81. The number of nitrogens with zero attached hydrogens (tertiary/aromatic N) is 4. The van der Waals surface area contributed by atoms with Crippen molar-refractivity contribution in [2.24, 2.45) is 0 Å². The van der Waals surface area contributed by atoms with E-state index < -0.39 is 28.9 Å². The highest BCUT2D eigenvalue weighted by atomic mass is 32.1. The number of pyridine rings is 1. The van der Waals surface area contributed by atoms with Crippen LogP contribution in [0.4, 0.5) is 24.5 Å². The topological polar surface area (TPSA) is 80.5 Å². The summed E-state index contributed by atoms with van der Waals surface area (Å²) in [5.41, 5.74) is -2.93. The molecular weight excluding hydrogens is 393 g/mol. The zero-order chi connectivity index (χ0) is 20.9. The van der Waals surface area contributed by atoms with E-state index in [-0.39, 0.29) is 16.5 Å². The van der Waals surface area contributed by atoms with Gasteiger partial charge in [0.1, 0.15) is 17.4 Å². The van der Waals surface area contributed by atoms with E-state index in [0.29, 0.717) is 11.8 Å². The first-order chi connectivity index (χ1) is 13.0. The number of thiocarbonyl (C=S) groups is 1. The molecule has 3 rings (SSSR count). The third-order valence-electron chi connectivity index (χ3n) is 4.32. The van der Waals surface area contributed by atoms with Gasteiger partial charge >= 0.3 is 6.18 Å². The van der Waals surface area contributed by atoms with Crippen molar-refractivity contribution in [2.75, 3.05) is 9.80 Å². The molecule has 1 N–H and O–H groups in total. The molecule has 0 bridgehead atoms. The molecule has 1 aliphatic heterocycles. The summed E-state index contributed by atoms with van der Waals surface area (Å²) in [6.07, 6.45) is -3.81. The van der Waals surface area contributed by atoms with Crippen LogP contribution in [0.2, 0.25) is 0 Å². The monoisotopic (exact) mass is 406 g/mol. The molecule has 0 aliphatic carbocycles. The van der Waals surface area contributed by atoms with Gasteiger partial charge in [-0.1, -0.05) is 0 Å². The third-order valence-corrected chi connectivity index (χ3v) is 4.68. The number of nitriles is 1. The maximum Gasteiger partial charge on any atom is 0.419 e. The molecule has 0 saturated carbocycles. The van der Waals surface area contributed by atoms with Gasteiger partial charge in [-0.2, -0.15) is 18.4 Å². The molecule has 0 unspecified atom stereocenters. The molecule has 1 aliphatic rings. The van der Waals surface area contributed by atoms with Crippen LogP contribution in [-0.4, -0.2) is 26.6 Å². The van der Waals surface area contributed by atoms with E-state index in [4.69, 9.17) is 17.5 Å². The minimum absolute atomic E-state index is 0.0148. The molecule has 0 spiro atoms. The Labute approximate surface area is 163 Å². The Morgan fingerprint density at radius 1 is 1.21 bits per heavy atom. The molecule has 2 heterocycles. The van der Waals surface area contributed by atoms with Gasteiger partial charge in [0.05, 0.1) is 17.4 Å². The molecule has 2 aromatic rings. The number of aromatic nitrogens is 1. The first kappa shape index (κ1) is 19.6. The van der Waals surface area contributed by atoms with Crippen LogP contribution < -0.4 is 9.80 Å². The minimum atomic E-state index is -4.81. The number of alkyl halides is 3. The van der Waals surface area contributed by atoms with Gasteiger partial charge in [-0.3, -0.25) is 9.69 Å². The SMILES string of the molecule is CC1(C)C(=O)N(c2cnc(C#N)c(C(F)(F)F)c2)C(=S)N1c1ccc(O)cc1. The number of phenolic OH excluding ortho intramolecular Hbond substituents is 1. The van der Waals surface area contributed by atoms with Crippen molar-refractivity contribution in [1.29, 1.82) is 5.26 Å². The summed E-state index contributed by atoms with van der Waals surface area (Å²) in [5.74, 6) is -0.536. The minimum Gasteiger partial charge on any atom is -0.508 e. The van der Waals surface area contributed by atoms with Gasteiger partial charge in [-0.25, -0.2) is 4.98 Å². The van der Waals surface area contributed by atoms with Crippen LogP contribution in [0, 0.1) is 11.3 Å². The molecule has 144 valence electrons. The first-order valence-corrected chi connectivity index (χ1v) is 8.34. The Balaban J connectivity index is 2.11. The van der Waals surface area contributed by atoms with Crippen LogP contribution >= 0.6 is 12.2 Å². The standard InChI is InChI=1S/C18H13F3N4O2S/c1-17(2)15(27)24(16(28)25(17)10-3-5-12(26)6-4-10)11-7-13(18(19,20)21)14(8-22)23-9-11/h3-7,9,26H,1-2H3. The smallest absolute Gasteiger partial charge is 0.419 e. The largest absolute Gasteiger partial charge is 0.508 e. The number of halogens is 3. The van der Waals surface area contributed by atoms with E-state index in [1.165, 1.54) is 23.1 Å². The summed E-state index contributed by atoms with van der Waals surface area (Å²) in [5, 5.41) is 18.3. The number of carbonyl (C=O) groups excluding carboxylic acids is 1. The van der Waals surface area contributed by atoms with Crippen molar-refractivity contribution in [3.63, 3.8) is 0 Å². The van der Waals surface area contributed by atoms with E-state index in [2.05, 4.69) is 4.98 Å². The molecule has 0 radical (unpaired) electrons. The average Bonchev–Trinajstić information content (AvgIpc) is 2.79. The Hall–Kier alpha value is -3.19. The predicted molar refractivity (Wildman–Crippen MR) is 98.7 cm³/mol. The number of benzene rings is 1. The van der Waals surface area contributed by atoms with E-state index in [1.807, 2.05) is 0 Å². The summed E-state index contributed by atoms with van der Waals surface area (Å²) < 4.78 is 39.8. The Morgan fingerprint density at radius 2 is 1.82 bits per heavy atom. The number of amides is 1. The molecule has 1 aromatic heterocycles. The normalized spacial score (nSPS) is 16.4. The lowest BCUT2D eigenvalue weighted by molar-refractivity contribution is -0.138. The first-order valence-electron chi connectivity index (χ1n) is 7.93. The van der Waals surface area contributed by atoms with Crippen molar-refractivity contribution in [1.82, 2.24) is 4.98 Å².